The number of nitrogens with one attached hydrogen (secondary N) is 1. The first kappa shape index (κ1) is 14.3. The average Bonchev–Trinajstić information content (AvgIpc) is 2.32. The molecule has 0 radical (unpaired) electrons. The van der Waals surface area contributed by atoms with Gasteiger partial charge in [-0.3, -0.25) is 4.72 Å². The Balaban J connectivity index is 2.35. The smallest absolute Gasteiger partial charge is 0.263 e. The summed E-state index contributed by atoms with van der Waals surface area (Å²) < 4.78 is 28.0. The van der Waals surface area contributed by atoms with E-state index in [-0.39, 0.29) is 4.90 Å². The Labute approximate surface area is 126 Å². The van der Waals surface area contributed by atoms with Crippen LogP contribution in [0.4, 0.5) is 5.82 Å². The third-order valence-electron chi connectivity index (χ3n) is 2.59. The molecule has 0 unspecified atom stereocenters. The van der Waals surface area contributed by atoms with Crippen LogP contribution in [-0.4, -0.2) is 13.4 Å². The Morgan fingerprint density at radius 1 is 1.16 bits per heavy atom. The van der Waals surface area contributed by atoms with E-state index in [9.17, 15) is 8.42 Å². The number of hydrogen-bond donors (Lipinski definition) is 1. The van der Waals surface area contributed by atoms with Gasteiger partial charge in [-0.25, -0.2) is 13.4 Å². The lowest BCUT2D eigenvalue weighted by molar-refractivity contribution is 0.601. The van der Waals surface area contributed by atoms with Gasteiger partial charge in [-0.15, -0.1) is 0 Å². The van der Waals surface area contributed by atoms with Gasteiger partial charge in [-0.1, -0.05) is 0 Å². The molecular formula is C13H13IN2O2S. The predicted octanol–water partition coefficient (Wildman–Crippen LogP) is 3.10. The van der Waals surface area contributed by atoms with Crippen LogP contribution in [0.5, 0.6) is 0 Å². The number of sulfonamides is 1. The molecule has 0 bridgehead atoms. The first-order valence-electron chi connectivity index (χ1n) is 5.60. The minimum absolute atomic E-state index is 0.244. The van der Waals surface area contributed by atoms with Crippen molar-refractivity contribution in [3.05, 3.63) is 51.2 Å². The summed E-state index contributed by atoms with van der Waals surface area (Å²) in [6, 6.07) is 8.53. The van der Waals surface area contributed by atoms with E-state index in [2.05, 4.69) is 32.3 Å². The van der Waals surface area contributed by atoms with Crippen molar-refractivity contribution in [1.82, 2.24) is 4.98 Å². The minimum Gasteiger partial charge on any atom is -0.263 e. The van der Waals surface area contributed by atoms with Crippen molar-refractivity contribution in [2.45, 2.75) is 18.7 Å². The van der Waals surface area contributed by atoms with Gasteiger partial charge in [0.2, 0.25) is 0 Å². The molecular weight excluding hydrogens is 375 g/mol. The van der Waals surface area contributed by atoms with Crippen molar-refractivity contribution < 1.29 is 8.42 Å². The molecule has 1 aromatic heterocycles. The Hall–Kier alpha value is -1.15. The maximum Gasteiger partial charge on any atom is 0.263 e. The van der Waals surface area contributed by atoms with Gasteiger partial charge >= 0.3 is 0 Å². The molecule has 100 valence electrons. The van der Waals surface area contributed by atoms with Crippen molar-refractivity contribution in [2.24, 2.45) is 0 Å². The van der Waals surface area contributed by atoms with Gasteiger partial charge in [-0.05, 0) is 77.9 Å². The number of nitrogens with zero attached hydrogens (tertiary/aromatic N) is 1. The van der Waals surface area contributed by atoms with Gasteiger partial charge in [0, 0.05) is 9.77 Å². The summed E-state index contributed by atoms with van der Waals surface area (Å²) in [5, 5.41) is 0. The number of halogens is 1. The lowest BCUT2D eigenvalue weighted by Crippen LogP contribution is -2.14. The van der Waals surface area contributed by atoms with Crippen LogP contribution in [-0.2, 0) is 10.0 Å². The van der Waals surface area contributed by atoms with Crippen LogP contribution < -0.4 is 4.72 Å². The fourth-order valence-corrected chi connectivity index (χ4v) is 2.99. The fraction of sp³-hybridized carbons (Fsp3) is 0.154. The van der Waals surface area contributed by atoms with Crippen LogP contribution in [0.15, 0.2) is 41.4 Å². The first-order valence-corrected chi connectivity index (χ1v) is 8.16. The molecule has 0 saturated heterocycles. The van der Waals surface area contributed by atoms with Crippen LogP contribution in [0.2, 0.25) is 0 Å². The van der Waals surface area contributed by atoms with Gasteiger partial charge in [0.1, 0.15) is 5.82 Å². The molecule has 2 aromatic rings. The minimum atomic E-state index is -3.59. The Kier molecular flexibility index (Phi) is 4.10. The highest BCUT2D eigenvalue weighted by molar-refractivity contribution is 14.1. The summed E-state index contributed by atoms with van der Waals surface area (Å²) in [4.78, 5) is 4.24. The molecule has 1 N–H and O–H groups in total. The molecule has 0 saturated carbocycles. The topological polar surface area (TPSA) is 59.1 Å². The number of pyridine rings is 1. The average molecular weight is 388 g/mol. The summed E-state index contributed by atoms with van der Waals surface area (Å²) in [5.74, 6) is 0.330. The van der Waals surface area contributed by atoms with Crippen LogP contribution >= 0.6 is 22.6 Å². The van der Waals surface area contributed by atoms with Crippen LogP contribution in [0.3, 0.4) is 0 Å². The van der Waals surface area contributed by atoms with Crippen molar-refractivity contribution in [3.63, 3.8) is 0 Å². The molecule has 0 fully saturated rings. The third-order valence-corrected chi connectivity index (χ3v) is 5.16. The molecule has 0 aliphatic heterocycles. The Morgan fingerprint density at radius 2 is 1.89 bits per heavy atom. The molecule has 2 rings (SSSR count). The normalized spacial score (nSPS) is 11.3. The highest BCUT2D eigenvalue weighted by Gasteiger charge is 2.15. The molecule has 0 amide bonds. The zero-order chi connectivity index (χ0) is 14.0. The number of aryl methyl sites for hydroxylation is 2. The third kappa shape index (κ3) is 3.44. The number of aromatic nitrogens is 1. The molecule has 4 nitrogen and oxygen atoms in total. The summed E-state index contributed by atoms with van der Waals surface area (Å²) in [5.41, 5.74) is 1.88. The highest BCUT2D eigenvalue weighted by atomic mass is 127. The van der Waals surface area contributed by atoms with E-state index in [1.165, 1.54) is 0 Å². The summed E-state index contributed by atoms with van der Waals surface area (Å²) >= 11 is 2.17. The van der Waals surface area contributed by atoms with E-state index in [1.54, 1.807) is 30.5 Å². The van der Waals surface area contributed by atoms with E-state index in [4.69, 9.17) is 0 Å². The van der Waals surface area contributed by atoms with Gasteiger partial charge in [0.25, 0.3) is 10.0 Å². The lowest BCUT2D eigenvalue weighted by Gasteiger charge is -2.09. The number of anilines is 1. The molecule has 19 heavy (non-hydrogen) atoms. The monoisotopic (exact) mass is 388 g/mol. The number of rotatable bonds is 3. The molecule has 0 spiro atoms. The molecule has 1 heterocycles. The lowest BCUT2D eigenvalue weighted by atomic mass is 10.2. The standard InChI is InChI=1S/C13H13IN2O2S/c1-9-5-6-15-13(7-9)16-19(17,18)11-3-4-12(14)10(2)8-11/h3-8H,1-2H3,(H,15,16). The van der Waals surface area contributed by atoms with Crippen molar-refractivity contribution in [1.29, 1.82) is 0 Å². The second kappa shape index (κ2) is 5.46. The maximum atomic E-state index is 12.2. The van der Waals surface area contributed by atoms with Gasteiger partial charge in [0.15, 0.2) is 0 Å². The van der Waals surface area contributed by atoms with Gasteiger partial charge < -0.3 is 0 Å². The first-order chi connectivity index (χ1) is 8.88. The van der Waals surface area contributed by atoms with E-state index >= 15 is 0 Å². The largest absolute Gasteiger partial charge is 0.263 e. The second-order valence-corrected chi connectivity index (χ2v) is 7.08. The van der Waals surface area contributed by atoms with Crippen LogP contribution in [0, 0.1) is 17.4 Å². The van der Waals surface area contributed by atoms with E-state index in [1.807, 2.05) is 19.9 Å². The van der Waals surface area contributed by atoms with Crippen molar-refractivity contribution >= 4 is 38.4 Å². The van der Waals surface area contributed by atoms with Crippen molar-refractivity contribution in [3.8, 4) is 0 Å². The molecule has 1 aromatic carbocycles. The van der Waals surface area contributed by atoms with E-state index in [0.717, 1.165) is 14.7 Å². The SMILES string of the molecule is Cc1ccnc(NS(=O)(=O)c2ccc(I)c(C)c2)c1. The molecule has 0 aliphatic carbocycles. The highest BCUT2D eigenvalue weighted by Crippen LogP contribution is 2.19. The number of benzene rings is 1. The zero-order valence-corrected chi connectivity index (χ0v) is 13.5. The Bertz CT molecular complexity index is 714. The van der Waals surface area contributed by atoms with Crippen molar-refractivity contribution in [2.75, 3.05) is 4.72 Å². The summed E-state index contributed by atoms with van der Waals surface area (Å²) in [6.45, 7) is 3.76. The fourth-order valence-electron chi connectivity index (χ4n) is 1.57. The quantitative estimate of drug-likeness (QED) is 0.823. The van der Waals surface area contributed by atoms with Gasteiger partial charge in [0.05, 0.1) is 4.90 Å². The maximum absolute atomic E-state index is 12.2. The molecule has 6 heteroatoms. The summed E-state index contributed by atoms with van der Waals surface area (Å²) in [7, 11) is -3.59. The zero-order valence-electron chi connectivity index (χ0n) is 10.5. The predicted molar refractivity (Wildman–Crippen MR) is 83.7 cm³/mol. The molecule has 0 aliphatic rings. The van der Waals surface area contributed by atoms with E-state index in [0.29, 0.717) is 5.82 Å². The number of hydrogen-bond acceptors (Lipinski definition) is 3. The Morgan fingerprint density at radius 3 is 2.53 bits per heavy atom. The van der Waals surface area contributed by atoms with E-state index < -0.39 is 10.0 Å². The summed E-state index contributed by atoms with van der Waals surface area (Å²) in [6.07, 6.45) is 1.58. The molecule has 0 atom stereocenters. The van der Waals surface area contributed by atoms with Crippen LogP contribution in [0.25, 0.3) is 0 Å². The van der Waals surface area contributed by atoms with Crippen LogP contribution in [0.1, 0.15) is 11.1 Å². The second-order valence-electron chi connectivity index (χ2n) is 4.23. The van der Waals surface area contributed by atoms with Gasteiger partial charge in [-0.2, -0.15) is 0 Å².